The summed E-state index contributed by atoms with van der Waals surface area (Å²) in [6, 6.07) is 20.9. The van der Waals surface area contributed by atoms with E-state index in [2.05, 4.69) is 61.5 Å². The average Bonchev–Trinajstić information content (AvgIpc) is 2.59. The van der Waals surface area contributed by atoms with Gasteiger partial charge in [0.25, 0.3) is 0 Å². The molecule has 0 saturated heterocycles. The lowest BCUT2D eigenvalue weighted by Crippen LogP contribution is -2.19. The Morgan fingerprint density at radius 3 is 2.31 bits per heavy atom. The third kappa shape index (κ3) is 3.48. The zero-order chi connectivity index (χ0) is 17.4. The molecule has 0 unspecified atom stereocenters. The van der Waals surface area contributed by atoms with Crippen LogP contribution in [0.2, 0.25) is 0 Å². The molecule has 0 bridgehead atoms. The molecule has 1 aliphatic carbocycles. The van der Waals surface area contributed by atoms with Crippen LogP contribution in [0.1, 0.15) is 23.1 Å². The van der Waals surface area contributed by atoms with Crippen molar-refractivity contribution in [1.82, 2.24) is 4.90 Å². The van der Waals surface area contributed by atoms with Gasteiger partial charge in [-0.1, -0.05) is 42.5 Å². The van der Waals surface area contributed by atoms with E-state index >= 15 is 0 Å². The Morgan fingerprint density at radius 2 is 1.62 bits per heavy atom. The maximum Gasteiger partial charge on any atom is 0.116 e. The van der Waals surface area contributed by atoms with Crippen LogP contribution in [0.4, 0.5) is 0 Å². The van der Waals surface area contributed by atoms with Crippen LogP contribution in [0.15, 0.2) is 66.2 Å². The molecule has 0 atom stereocenters. The highest BCUT2D eigenvalue weighted by Crippen LogP contribution is 2.39. The number of likely N-dealkylation sites (N-methyl/N-ethyl adjacent to an activating group) is 1. The van der Waals surface area contributed by atoms with Crippen LogP contribution in [0.5, 0.6) is 5.75 Å². The Balaban J connectivity index is 0.00000196. The van der Waals surface area contributed by atoms with Gasteiger partial charge in [0.1, 0.15) is 5.75 Å². The van der Waals surface area contributed by atoms with Gasteiger partial charge in [0.05, 0.1) is 0 Å². The molecule has 26 heavy (non-hydrogen) atoms. The lowest BCUT2D eigenvalue weighted by atomic mass is 9.81. The maximum absolute atomic E-state index is 10.00. The van der Waals surface area contributed by atoms with Crippen molar-refractivity contribution in [3.63, 3.8) is 0 Å². The van der Waals surface area contributed by atoms with Gasteiger partial charge in [0.2, 0.25) is 0 Å². The number of hydrogen-bond acceptors (Lipinski definition) is 2. The summed E-state index contributed by atoms with van der Waals surface area (Å²) in [6.45, 7) is 0.942. The number of benzene rings is 3. The number of halogens is 1. The lowest BCUT2D eigenvalue weighted by Gasteiger charge is -2.26. The van der Waals surface area contributed by atoms with Crippen molar-refractivity contribution >= 4 is 28.8 Å². The third-order valence-corrected chi connectivity index (χ3v) is 4.93. The fraction of sp³-hybridized carbons (Fsp3) is 0.217. The van der Waals surface area contributed by atoms with Crippen molar-refractivity contribution in [1.29, 1.82) is 0 Å². The molecule has 0 amide bonds. The molecule has 0 spiro atoms. The van der Waals surface area contributed by atoms with Crippen LogP contribution in [0.3, 0.4) is 0 Å². The average molecular weight is 366 g/mol. The predicted octanol–water partition coefficient (Wildman–Crippen LogP) is 5.28. The van der Waals surface area contributed by atoms with E-state index in [1.54, 1.807) is 6.07 Å². The van der Waals surface area contributed by atoms with Crippen molar-refractivity contribution in [2.75, 3.05) is 20.6 Å². The molecule has 4 rings (SSSR count). The zero-order valence-electron chi connectivity index (χ0n) is 15.2. The number of aryl methyl sites for hydroxylation is 1. The molecular formula is C23H24ClNO. The van der Waals surface area contributed by atoms with Crippen molar-refractivity contribution < 1.29 is 5.11 Å². The first-order chi connectivity index (χ1) is 12.1. The Morgan fingerprint density at radius 1 is 0.885 bits per heavy atom. The molecule has 1 N–H and O–H groups in total. The molecule has 0 heterocycles. The first-order valence-electron chi connectivity index (χ1n) is 8.80. The fourth-order valence-corrected chi connectivity index (χ4v) is 3.89. The number of rotatable bonds is 3. The first kappa shape index (κ1) is 18.5. The van der Waals surface area contributed by atoms with Crippen LogP contribution < -0.4 is 0 Å². The topological polar surface area (TPSA) is 23.5 Å². The zero-order valence-corrected chi connectivity index (χ0v) is 16.0. The second-order valence-electron chi connectivity index (χ2n) is 7.12. The minimum absolute atomic E-state index is 0. The summed E-state index contributed by atoms with van der Waals surface area (Å²) >= 11 is 0. The van der Waals surface area contributed by atoms with Crippen LogP contribution in [0, 0.1) is 0 Å². The molecular weight excluding hydrogens is 342 g/mol. The summed E-state index contributed by atoms with van der Waals surface area (Å²) in [6.07, 6.45) is 2.14. The Bertz CT molecular complexity index is 975. The quantitative estimate of drug-likeness (QED) is 0.682. The molecule has 0 aliphatic heterocycles. The molecule has 0 radical (unpaired) electrons. The highest BCUT2D eigenvalue weighted by molar-refractivity contribution is 5.93. The third-order valence-electron chi connectivity index (χ3n) is 4.93. The molecule has 0 saturated carbocycles. The summed E-state index contributed by atoms with van der Waals surface area (Å²) < 4.78 is 0. The van der Waals surface area contributed by atoms with Crippen LogP contribution in [-0.4, -0.2) is 30.6 Å². The van der Waals surface area contributed by atoms with Gasteiger partial charge in [-0.2, -0.15) is 0 Å². The van der Waals surface area contributed by atoms with Crippen molar-refractivity contribution in [3.05, 3.63) is 82.9 Å². The van der Waals surface area contributed by atoms with E-state index in [-0.39, 0.29) is 12.4 Å². The standard InChI is InChI=1S/C23H23NO.ClH/c1-24(2)15-20-11-10-18-12-16-6-3-4-7-17(16)14-22(18)23(20)19-8-5-9-21(25)13-19;/h3-9,12-14,25H,10-11,15H2,1-2H3;1H. The highest BCUT2D eigenvalue weighted by atomic mass is 35.5. The van der Waals surface area contributed by atoms with Crippen LogP contribution >= 0.6 is 12.4 Å². The van der Waals surface area contributed by atoms with Crippen LogP contribution in [0.25, 0.3) is 16.3 Å². The minimum Gasteiger partial charge on any atom is -0.508 e. The molecule has 3 aromatic carbocycles. The van der Waals surface area contributed by atoms with Gasteiger partial charge in [-0.15, -0.1) is 12.4 Å². The first-order valence-corrected chi connectivity index (χ1v) is 8.80. The SMILES string of the molecule is CN(C)CC1=C(c2cccc(O)c2)c2cc3ccccc3cc2CC1.Cl. The van der Waals surface area contributed by atoms with Gasteiger partial charge >= 0.3 is 0 Å². The monoisotopic (exact) mass is 365 g/mol. The second kappa shape index (κ2) is 7.53. The smallest absolute Gasteiger partial charge is 0.116 e. The molecule has 3 aromatic rings. The Kier molecular flexibility index (Phi) is 5.36. The number of phenolic OH excluding ortho intramolecular Hbond substituents is 1. The summed E-state index contributed by atoms with van der Waals surface area (Å²) in [5, 5.41) is 12.6. The number of phenols is 1. The molecule has 0 aromatic heterocycles. The van der Waals surface area contributed by atoms with Gasteiger partial charge in [0.15, 0.2) is 0 Å². The highest BCUT2D eigenvalue weighted by Gasteiger charge is 2.21. The van der Waals surface area contributed by atoms with Crippen molar-refractivity contribution in [2.24, 2.45) is 0 Å². The molecule has 134 valence electrons. The summed E-state index contributed by atoms with van der Waals surface area (Å²) in [5.41, 5.74) is 6.55. The molecule has 3 heteroatoms. The van der Waals surface area contributed by atoms with E-state index in [1.807, 2.05) is 12.1 Å². The van der Waals surface area contributed by atoms with E-state index in [4.69, 9.17) is 0 Å². The summed E-state index contributed by atoms with van der Waals surface area (Å²) in [7, 11) is 4.23. The maximum atomic E-state index is 10.00. The van der Waals surface area contributed by atoms with Gasteiger partial charge in [0, 0.05) is 6.54 Å². The minimum atomic E-state index is 0. The van der Waals surface area contributed by atoms with Gasteiger partial charge < -0.3 is 10.0 Å². The van der Waals surface area contributed by atoms with Crippen molar-refractivity contribution in [2.45, 2.75) is 12.8 Å². The van der Waals surface area contributed by atoms with E-state index in [1.165, 1.54) is 33.0 Å². The summed E-state index contributed by atoms with van der Waals surface area (Å²) in [5.74, 6) is 0.321. The number of nitrogens with zero attached hydrogens (tertiary/aromatic N) is 1. The Labute approximate surface area is 161 Å². The molecule has 1 aliphatic rings. The fourth-order valence-electron chi connectivity index (χ4n) is 3.89. The predicted molar refractivity (Wildman–Crippen MR) is 112 cm³/mol. The van der Waals surface area contributed by atoms with Crippen molar-refractivity contribution in [3.8, 4) is 5.75 Å². The number of hydrogen-bond donors (Lipinski definition) is 1. The normalized spacial score (nSPS) is 13.7. The van der Waals surface area contributed by atoms with Gasteiger partial charge in [-0.05, 0) is 83.7 Å². The largest absolute Gasteiger partial charge is 0.508 e. The van der Waals surface area contributed by atoms with E-state index < -0.39 is 0 Å². The van der Waals surface area contributed by atoms with E-state index in [0.29, 0.717) is 5.75 Å². The second-order valence-corrected chi connectivity index (χ2v) is 7.12. The van der Waals surface area contributed by atoms with Gasteiger partial charge in [-0.25, -0.2) is 0 Å². The summed E-state index contributed by atoms with van der Waals surface area (Å²) in [4.78, 5) is 2.23. The van der Waals surface area contributed by atoms with E-state index in [0.717, 1.165) is 24.9 Å². The van der Waals surface area contributed by atoms with E-state index in [9.17, 15) is 5.11 Å². The molecule has 0 fully saturated rings. The lowest BCUT2D eigenvalue weighted by molar-refractivity contribution is 0.439. The number of aromatic hydroxyl groups is 1. The van der Waals surface area contributed by atoms with Crippen LogP contribution in [-0.2, 0) is 6.42 Å². The van der Waals surface area contributed by atoms with Gasteiger partial charge in [-0.3, -0.25) is 0 Å². The Hall–Kier alpha value is -2.29. The molecule has 2 nitrogen and oxygen atoms in total. The number of fused-ring (bicyclic) bond motifs is 2.